The molecule has 1 spiro atoms. The topological polar surface area (TPSA) is 127 Å². The zero-order valence-electron chi connectivity index (χ0n) is 22.5. The Morgan fingerprint density at radius 3 is 2.83 bits per heavy atom. The summed E-state index contributed by atoms with van der Waals surface area (Å²) in [6, 6.07) is 8.79. The van der Waals surface area contributed by atoms with Crippen molar-refractivity contribution in [1.29, 1.82) is 0 Å². The summed E-state index contributed by atoms with van der Waals surface area (Å²) in [4.78, 5) is 31.1. The van der Waals surface area contributed by atoms with E-state index in [1.54, 1.807) is 18.3 Å². The van der Waals surface area contributed by atoms with Crippen molar-refractivity contribution in [2.75, 3.05) is 18.4 Å². The zero-order chi connectivity index (χ0) is 27.4. The molecule has 5 aliphatic rings. The molecule has 1 aromatic heterocycles. The maximum atomic E-state index is 13.8. The summed E-state index contributed by atoms with van der Waals surface area (Å²) in [5, 5.41) is 30.3. The molecular weight excluding hydrogens is 508 g/mol. The van der Waals surface area contributed by atoms with Crippen LogP contribution in [0.15, 0.2) is 36.5 Å². The molecule has 5 atom stereocenters. The summed E-state index contributed by atoms with van der Waals surface area (Å²) in [5.74, 6) is 0.871. The second kappa shape index (κ2) is 8.24. The van der Waals surface area contributed by atoms with Crippen molar-refractivity contribution in [3.8, 4) is 11.5 Å². The predicted octanol–water partition coefficient (Wildman–Crippen LogP) is 3.19. The van der Waals surface area contributed by atoms with Gasteiger partial charge < -0.3 is 30.6 Å². The van der Waals surface area contributed by atoms with Crippen LogP contribution in [0.4, 0.5) is 5.69 Å². The Labute approximate surface area is 231 Å². The normalized spacial score (nSPS) is 31.9. The third kappa shape index (κ3) is 3.16. The number of nitrogens with zero attached hydrogens (tertiary/aromatic N) is 1. The van der Waals surface area contributed by atoms with Crippen molar-refractivity contribution in [3.05, 3.63) is 53.2 Å². The van der Waals surface area contributed by atoms with E-state index >= 15 is 0 Å². The number of hydrogen-bond acceptors (Lipinski definition) is 6. The largest absolute Gasteiger partial charge is 0.504 e. The minimum Gasteiger partial charge on any atom is -0.504 e. The van der Waals surface area contributed by atoms with E-state index in [1.807, 2.05) is 18.2 Å². The molecule has 9 nitrogen and oxygen atoms in total. The van der Waals surface area contributed by atoms with Crippen molar-refractivity contribution >= 4 is 28.4 Å². The van der Waals surface area contributed by atoms with Crippen LogP contribution in [0.25, 0.3) is 10.9 Å². The highest BCUT2D eigenvalue weighted by Gasteiger charge is 2.73. The SMILES string of the molecule is CC(=O)Nc1c[nH]c2c(C(=O)N[C@@H]3CC[C@@]4(O)[C@H]5Cc6ccc(O)c7c6[C@@]4(CCN5CC4CC4)[C@H]3O7)cccc12. The second-order valence-corrected chi connectivity index (χ2v) is 12.5. The van der Waals surface area contributed by atoms with Crippen LogP contribution in [0, 0.1) is 5.92 Å². The van der Waals surface area contributed by atoms with Crippen molar-refractivity contribution in [1.82, 2.24) is 15.2 Å². The smallest absolute Gasteiger partial charge is 0.253 e. The van der Waals surface area contributed by atoms with E-state index in [0.717, 1.165) is 48.4 Å². The quantitative estimate of drug-likeness (QED) is 0.337. The highest BCUT2D eigenvalue weighted by atomic mass is 16.5. The molecule has 0 radical (unpaired) electrons. The van der Waals surface area contributed by atoms with Crippen molar-refractivity contribution < 1.29 is 24.5 Å². The summed E-state index contributed by atoms with van der Waals surface area (Å²) < 4.78 is 6.59. The van der Waals surface area contributed by atoms with Gasteiger partial charge >= 0.3 is 0 Å². The number of aromatic hydroxyl groups is 1. The lowest BCUT2D eigenvalue weighted by Gasteiger charge is -2.64. The number of H-pyrrole nitrogens is 1. The Morgan fingerprint density at radius 1 is 1.18 bits per heavy atom. The van der Waals surface area contributed by atoms with Gasteiger partial charge in [-0.2, -0.15) is 0 Å². The number of rotatable bonds is 5. The lowest BCUT2D eigenvalue weighted by atomic mass is 9.48. The van der Waals surface area contributed by atoms with E-state index in [1.165, 1.54) is 19.8 Å². The fourth-order valence-corrected chi connectivity index (χ4v) is 8.51. The van der Waals surface area contributed by atoms with Crippen molar-refractivity contribution in [2.45, 2.75) is 74.7 Å². The van der Waals surface area contributed by atoms with Gasteiger partial charge in [-0.05, 0) is 68.7 Å². The Kier molecular flexibility index (Phi) is 4.99. The molecule has 2 aromatic carbocycles. The van der Waals surface area contributed by atoms with Crippen LogP contribution in [0.5, 0.6) is 11.5 Å². The van der Waals surface area contributed by atoms with Crippen LogP contribution in [0.3, 0.4) is 0 Å². The van der Waals surface area contributed by atoms with E-state index in [2.05, 4.69) is 20.5 Å². The number of nitrogens with one attached hydrogen (secondary N) is 3. The number of anilines is 1. The Balaban J connectivity index is 1.16. The molecule has 3 fully saturated rings. The number of para-hydroxylation sites is 1. The molecule has 208 valence electrons. The van der Waals surface area contributed by atoms with Crippen LogP contribution >= 0.6 is 0 Å². The van der Waals surface area contributed by atoms with Gasteiger partial charge in [-0.25, -0.2) is 0 Å². The molecule has 1 saturated heterocycles. The maximum absolute atomic E-state index is 13.8. The number of phenolic OH excluding ortho intramolecular Hbond substituents is 1. The number of phenols is 1. The summed E-state index contributed by atoms with van der Waals surface area (Å²) in [6.45, 7) is 3.34. The van der Waals surface area contributed by atoms with Gasteiger partial charge in [-0.1, -0.05) is 18.2 Å². The summed E-state index contributed by atoms with van der Waals surface area (Å²) in [5.41, 5.74) is 2.16. The number of ether oxygens (including phenoxy) is 1. The first-order chi connectivity index (χ1) is 19.3. The van der Waals surface area contributed by atoms with Gasteiger partial charge in [0.05, 0.1) is 33.8 Å². The molecule has 2 amide bonds. The van der Waals surface area contributed by atoms with E-state index in [-0.39, 0.29) is 29.6 Å². The lowest BCUT2D eigenvalue weighted by molar-refractivity contribution is -0.191. The predicted molar refractivity (Wildman–Crippen MR) is 149 cm³/mol. The second-order valence-electron chi connectivity index (χ2n) is 12.5. The highest BCUT2D eigenvalue weighted by molar-refractivity contribution is 6.10. The van der Waals surface area contributed by atoms with E-state index in [0.29, 0.717) is 35.4 Å². The molecule has 3 aliphatic carbocycles. The van der Waals surface area contributed by atoms with Crippen molar-refractivity contribution in [2.24, 2.45) is 5.92 Å². The first-order valence-corrected chi connectivity index (χ1v) is 14.5. The van der Waals surface area contributed by atoms with Crippen molar-refractivity contribution in [3.63, 3.8) is 0 Å². The number of amides is 2. The fraction of sp³-hybridized carbons (Fsp3) is 0.484. The van der Waals surface area contributed by atoms with Gasteiger partial charge in [0.25, 0.3) is 5.91 Å². The van der Waals surface area contributed by atoms with Gasteiger partial charge in [0.1, 0.15) is 6.10 Å². The summed E-state index contributed by atoms with van der Waals surface area (Å²) in [6.07, 6.45) is 6.33. The summed E-state index contributed by atoms with van der Waals surface area (Å²) >= 11 is 0. The molecule has 8 rings (SSSR count). The number of carbonyl (C=O) groups is 2. The zero-order valence-corrected chi connectivity index (χ0v) is 22.5. The van der Waals surface area contributed by atoms with Crippen LogP contribution in [-0.2, 0) is 16.6 Å². The monoisotopic (exact) mass is 542 g/mol. The van der Waals surface area contributed by atoms with Crippen LogP contribution in [-0.4, -0.2) is 68.8 Å². The standard InChI is InChI=1S/C31H34N4O5/c1-16(36)33-22-14-32-26-19(22)3-2-4-20(26)29(38)34-21-9-10-31(39)24-13-18-7-8-23(37)27-25(18)30(31,28(21)40-27)11-12-35(24)15-17-5-6-17/h2-4,7-8,14,17,21,24,28,32,37,39H,5-6,9-13,15H2,1H3,(H,33,36)(H,34,38)/t21-,24-,28+,30+,31-/m1/s1. The van der Waals surface area contributed by atoms with E-state index < -0.39 is 17.1 Å². The molecule has 0 unspecified atom stereocenters. The average molecular weight is 543 g/mol. The van der Waals surface area contributed by atoms with Crippen LogP contribution in [0.1, 0.15) is 60.5 Å². The number of piperidine rings is 1. The minimum absolute atomic E-state index is 0.00698. The number of aliphatic hydroxyl groups is 1. The lowest BCUT2D eigenvalue weighted by Crippen LogP contribution is -2.78. The number of fused-ring (bicyclic) bond motifs is 1. The third-order valence-corrected chi connectivity index (χ3v) is 10.3. The van der Waals surface area contributed by atoms with E-state index in [9.17, 15) is 19.8 Å². The number of carbonyl (C=O) groups excluding carboxylic acids is 2. The summed E-state index contributed by atoms with van der Waals surface area (Å²) in [7, 11) is 0. The average Bonchev–Trinajstić information content (AvgIpc) is 3.54. The Morgan fingerprint density at radius 2 is 2.02 bits per heavy atom. The van der Waals surface area contributed by atoms with Gasteiger partial charge in [-0.3, -0.25) is 14.5 Å². The molecule has 9 heteroatoms. The molecule has 2 aliphatic heterocycles. The fourth-order valence-electron chi connectivity index (χ4n) is 8.51. The molecule has 3 aromatic rings. The Hall–Kier alpha value is -3.56. The third-order valence-electron chi connectivity index (χ3n) is 10.3. The van der Waals surface area contributed by atoms with Crippen LogP contribution < -0.4 is 15.4 Å². The number of aromatic nitrogens is 1. The van der Waals surface area contributed by atoms with Crippen LogP contribution in [0.2, 0.25) is 0 Å². The van der Waals surface area contributed by atoms with Gasteiger partial charge in [0, 0.05) is 36.7 Å². The number of likely N-dealkylation sites (tertiary alicyclic amines) is 1. The molecule has 3 heterocycles. The first-order valence-electron chi connectivity index (χ1n) is 14.5. The van der Waals surface area contributed by atoms with Gasteiger partial charge in [0.15, 0.2) is 11.5 Å². The van der Waals surface area contributed by atoms with E-state index in [4.69, 9.17) is 4.74 Å². The molecular formula is C31H34N4O5. The highest BCUT2D eigenvalue weighted by Crippen LogP contribution is 2.65. The first kappa shape index (κ1) is 24.3. The minimum atomic E-state index is -0.995. The molecule has 2 bridgehead atoms. The molecule has 40 heavy (non-hydrogen) atoms. The number of hydrogen-bond donors (Lipinski definition) is 5. The van der Waals surface area contributed by atoms with Gasteiger partial charge in [0.2, 0.25) is 5.91 Å². The maximum Gasteiger partial charge on any atom is 0.253 e. The molecule has 5 N–H and O–H groups in total. The number of aromatic amines is 1. The Bertz CT molecular complexity index is 1580. The number of benzene rings is 2. The van der Waals surface area contributed by atoms with Gasteiger partial charge in [-0.15, -0.1) is 0 Å². The molecule has 2 saturated carbocycles.